The lowest BCUT2D eigenvalue weighted by Crippen LogP contribution is -2.35. The molecule has 10 heteroatoms. The Labute approximate surface area is 210 Å². The number of nitrogens with two attached hydrogens (primary N) is 1. The van der Waals surface area contributed by atoms with Crippen LogP contribution in [0.25, 0.3) is 0 Å². The molecule has 0 bridgehead atoms. The monoisotopic (exact) mass is 515 g/mol. The highest BCUT2D eigenvalue weighted by Gasteiger charge is 2.33. The first-order valence-electron chi connectivity index (χ1n) is 13.3. The average molecular weight is 516 g/mol. The van der Waals surface area contributed by atoms with Crippen LogP contribution >= 0.6 is 7.60 Å². The lowest BCUT2D eigenvalue weighted by molar-refractivity contribution is -0.0154. The predicted molar refractivity (Wildman–Crippen MR) is 139 cm³/mol. The first-order valence-corrected chi connectivity index (χ1v) is 15.0. The van der Waals surface area contributed by atoms with Crippen molar-refractivity contribution >= 4 is 13.4 Å². The molecule has 0 radical (unpaired) electrons. The van der Waals surface area contributed by atoms with Gasteiger partial charge < -0.3 is 24.3 Å². The van der Waals surface area contributed by atoms with E-state index in [1.807, 2.05) is 0 Å². The second-order valence-corrected chi connectivity index (χ2v) is 11.8. The van der Waals surface area contributed by atoms with Crippen LogP contribution in [-0.2, 0) is 29.6 Å². The highest BCUT2D eigenvalue weighted by molar-refractivity contribution is 7.53. The van der Waals surface area contributed by atoms with Gasteiger partial charge in [0.05, 0.1) is 19.8 Å². The lowest BCUT2D eigenvalue weighted by atomic mass is 10.0. The third kappa shape index (κ3) is 13.6. The molecule has 0 saturated carbocycles. The van der Waals surface area contributed by atoms with Gasteiger partial charge in [-0.3, -0.25) is 9.13 Å². The van der Waals surface area contributed by atoms with Gasteiger partial charge in [-0.15, -0.1) is 0 Å². The van der Waals surface area contributed by atoms with E-state index in [2.05, 4.69) is 18.8 Å². The van der Waals surface area contributed by atoms with E-state index in [9.17, 15) is 9.36 Å². The number of hydrogen-bond acceptors (Lipinski definition) is 8. The Balaban J connectivity index is 1.39. The Bertz CT molecular complexity index is 792. The number of nitrogen functional groups attached to an aromatic ring is 1. The van der Waals surface area contributed by atoms with Crippen LogP contribution in [0.1, 0.15) is 84.5 Å². The van der Waals surface area contributed by atoms with Crippen molar-refractivity contribution in [3.05, 3.63) is 22.7 Å². The zero-order valence-corrected chi connectivity index (χ0v) is 22.6. The minimum absolute atomic E-state index is 0.0860. The Morgan fingerprint density at radius 2 is 1.71 bits per heavy atom. The smallest absolute Gasteiger partial charge is 0.356 e. The fourth-order valence-electron chi connectivity index (χ4n) is 3.92. The van der Waals surface area contributed by atoms with Gasteiger partial charge in [-0.25, -0.2) is 4.79 Å². The summed E-state index contributed by atoms with van der Waals surface area (Å²) in [5.74, 6) is 1.01. The topological polar surface area (TPSA) is 115 Å². The normalized spacial score (nSPS) is 20.5. The maximum atomic E-state index is 12.6. The number of anilines is 1. The summed E-state index contributed by atoms with van der Waals surface area (Å²) in [6.07, 6.45) is 14.8. The van der Waals surface area contributed by atoms with Crippen molar-refractivity contribution in [1.82, 2.24) is 9.55 Å². The number of aromatic nitrogens is 2. The summed E-state index contributed by atoms with van der Waals surface area (Å²) in [7, 11) is -3.27. The van der Waals surface area contributed by atoms with Crippen LogP contribution in [0.5, 0.6) is 0 Å². The largest absolute Gasteiger partial charge is 0.383 e. The summed E-state index contributed by atoms with van der Waals surface area (Å²) in [4.78, 5) is 15.5. The molecule has 1 fully saturated rings. The molecular weight excluding hydrogens is 469 g/mol. The fourth-order valence-corrected chi connectivity index (χ4v) is 5.34. The standard InChI is InChI=1S/C25H46N3O6P/c1-22(2)13-10-8-6-4-3-5-7-9-11-16-31-17-12-18-33-35(30)21-32-23(20-34-35)19-28-15-14-24(26)27-25(28)29/h14-15,22-23H,3-13,16-21H2,1-2H3,(H2,26,27,29)/t23-,35?/m0/s1. The van der Waals surface area contributed by atoms with Crippen LogP contribution in [0.15, 0.2) is 17.1 Å². The van der Waals surface area contributed by atoms with E-state index in [4.69, 9.17) is 24.3 Å². The van der Waals surface area contributed by atoms with Crippen molar-refractivity contribution in [3.63, 3.8) is 0 Å². The van der Waals surface area contributed by atoms with Crippen LogP contribution < -0.4 is 11.4 Å². The molecule has 1 saturated heterocycles. The molecule has 1 aliphatic heterocycles. The zero-order valence-electron chi connectivity index (χ0n) is 21.7. The summed E-state index contributed by atoms with van der Waals surface area (Å²) in [5, 5.41) is 0. The molecule has 2 heterocycles. The molecule has 35 heavy (non-hydrogen) atoms. The highest BCUT2D eigenvalue weighted by atomic mass is 31.2. The number of ether oxygens (including phenoxy) is 2. The van der Waals surface area contributed by atoms with Crippen molar-refractivity contribution in [3.8, 4) is 0 Å². The van der Waals surface area contributed by atoms with Crippen molar-refractivity contribution < 1.29 is 23.1 Å². The molecule has 1 aromatic heterocycles. The molecule has 2 N–H and O–H groups in total. The summed E-state index contributed by atoms with van der Waals surface area (Å²) >= 11 is 0. The van der Waals surface area contributed by atoms with Crippen molar-refractivity contribution in [1.29, 1.82) is 0 Å². The number of rotatable bonds is 19. The van der Waals surface area contributed by atoms with Crippen LogP contribution in [0.2, 0.25) is 0 Å². The number of unbranched alkanes of at least 4 members (excludes halogenated alkanes) is 8. The maximum absolute atomic E-state index is 12.6. The van der Waals surface area contributed by atoms with E-state index >= 15 is 0 Å². The molecule has 2 atom stereocenters. The summed E-state index contributed by atoms with van der Waals surface area (Å²) < 4.78 is 36.2. The van der Waals surface area contributed by atoms with Gasteiger partial charge in [0, 0.05) is 19.4 Å². The van der Waals surface area contributed by atoms with E-state index in [1.54, 1.807) is 12.3 Å². The highest BCUT2D eigenvalue weighted by Crippen LogP contribution is 2.50. The Morgan fingerprint density at radius 3 is 2.34 bits per heavy atom. The molecule has 0 spiro atoms. The SMILES string of the molecule is CC(C)CCCCCCCCCCCOCCCOP1(=O)CO[C@@H](Cn2ccc(N)nc2=O)CO1. The molecule has 1 unspecified atom stereocenters. The van der Waals surface area contributed by atoms with Crippen LogP contribution in [-0.4, -0.2) is 48.4 Å². The second-order valence-electron chi connectivity index (χ2n) is 9.78. The lowest BCUT2D eigenvalue weighted by Gasteiger charge is -2.29. The first kappa shape index (κ1) is 30.0. The minimum Gasteiger partial charge on any atom is -0.383 e. The average Bonchev–Trinajstić information content (AvgIpc) is 2.82. The second kappa shape index (κ2) is 17.2. The van der Waals surface area contributed by atoms with Gasteiger partial charge in [-0.05, 0) is 24.8 Å². The van der Waals surface area contributed by atoms with E-state index in [0.717, 1.165) is 18.9 Å². The van der Waals surface area contributed by atoms with E-state index in [-0.39, 0.29) is 25.3 Å². The quantitative estimate of drug-likeness (QED) is 0.193. The molecular formula is C25H46N3O6P. The minimum atomic E-state index is -3.27. The summed E-state index contributed by atoms with van der Waals surface area (Å²) in [6, 6.07) is 1.54. The summed E-state index contributed by atoms with van der Waals surface area (Å²) in [6.45, 7) is 6.56. The van der Waals surface area contributed by atoms with Crippen molar-refractivity contribution in [2.24, 2.45) is 5.92 Å². The maximum Gasteiger partial charge on any atom is 0.356 e. The van der Waals surface area contributed by atoms with Crippen LogP contribution in [0.3, 0.4) is 0 Å². The van der Waals surface area contributed by atoms with Gasteiger partial charge in [0.25, 0.3) is 0 Å². The van der Waals surface area contributed by atoms with Gasteiger partial charge in [0.15, 0.2) is 0 Å². The number of nitrogens with zero attached hydrogens (tertiary/aromatic N) is 2. The Kier molecular flexibility index (Phi) is 14.8. The Hall–Kier alpha value is -1.25. The molecule has 1 aromatic rings. The fraction of sp³-hybridized carbons (Fsp3) is 0.840. The molecule has 0 amide bonds. The Morgan fingerprint density at radius 1 is 1.06 bits per heavy atom. The molecule has 0 aromatic carbocycles. The third-order valence-corrected chi connectivity index (χ3v) is 7.60. The van der Waals surface area contributed by atoms with Gasteiger partial charge in [0.2, 0.25) is 0 Å². The van der Waals surface area contributed by atoms with Gasteiger partial charge in [-0.2, -0.15) is 4.98 Å². The molecule has 1 aliphatic rings. The van der Waals surface area contributed by atoms with Gasteiger partial charge in [-0.1, -0.05) is 71.6 Å². The van der Waals surface area contributed by atoms with E-state index < -0.39 is 19.4 Å². The van der Waals surface area contributed by atoms with Crippen LogP contribution in [0, 0.1) is 5.92 Å². The third-order valence-electron chi connectivity index (χ3n) is 6.01. The van der Waals surface area contributed by atoms with Crippen molar-refractivity contribution in [2.75, 3.05) is 38.5 Å². The zero-order chi connectivity index (χ0) is 25.4. The number of hydrogen-bond donors (Lipinski definition) is 1. The predicted octanol–water partition coefficient (Wildman–Crippen LogP) is 5.37. The van der Waals surface area contributed by atoms with Crippen LogP contribution in [0.4, 0.5) is 5.82 Å². The molecule has 2 rings (SSSR count). The van der Waals surface area contributed by atoms with Gasteiger partial charge in [0.1, 0.15) is 18.3 Å². The molecule has 9 nitrogen and oxygen atoms in total. The van der Waals surface area contributed by atoms with Gasteiger partial charge >= 0.3 is 13.3 Å². The molecule has 0 aliphatic carbocycles. The first-order chi connectivity index (χ1) is 16.9. The summed E-state index contributed by atoms with van der Waals surface area (Å²) in [5.41, 5.74) is 5.03. The van der Waals surface area contributed by atoms with E-state index in [1.165, 1.54) is 62.4 Å². The molecule has 202 valence electrons. The van der Waals surface area contributed by atoms with Crippen molar-refractivity contribution in [2.45, 2.75) is 97.1 Å². The van der Waals surface area contributed by atoms with E-state index in [0.29, 0.717) is 19.6 Å².